The Morgan fingerprint density at radius 3 is 2.72 bits per heavy atom. The predicted octanol–water partition coefficient (Wildman–Crippen LogP) is 3.15. The fourth-order valence-corrected chi connectivity index (χ4v) is 3.31. The smallest absolute Gasteiger partial charge is 0.241 e. The van der Waals surface area contributed by atoms with Crippen LogP contribution in [0, 0.1) is 5.82 Å². The Balaban J connectivity index is 1.78. The SMILES string of the molecule is COc1ccccc1[C@H]1C[C@@H](c2ccc(F)cc2)Nc2nc(N)nn21. The number of hydrogen-bond acceptors (Lipinski definition) is 5. The zero-order valence-corrected chi connectivity index (χ0v) is 13.7. The Morgan fingerprint density at radius 1 is 1.20 bits per heavy atom. The minimum atomic E-state index is -0.256. The van der Waals surface area contributed by atoms with Gasteiger partial charge in [-0.25, -0.2) is 9.07 Å². The first kappa shape index (κ1) is 15.4. The zero-order chi connectivity index (χ0) is 17.4. The molecule has 128 valence electrons. The van der Waals surface area contributed by atoms with Crippen molar-refractivity contribution in [2.45, 2.75) is 18.5 Å². The van der Waals surface area contributed by atoms with E-state index < -0.39 is 0 Å². The molecular weight excluding hydrogens is 321 g/mol. The number of methoxy groups -OCH3 is 1. The highest BCUT2D eigenvalue weighted by molar-refractivity contribution is 5.44. The van der Waals surface area contributed by atoms with Gasteiger partial charge in [0.25, 0.3) is 0 Å². The van der Waals surface area contributed by atoms with Gasteiger partial charge < -0.3 is 15.8 Å². The fraction of sp³-hybridized carbons (Fsp3) is 0.222. The topological polar surface area (TPSA) is 78.0 Å². The fourth-order valence-electron chi connectivity index (χ4n) is 3.31. The van der Waals surface area contributed by atoms with Crippen molar-refractivity contribution in [3.05, 3.63) is 65.5 Å². The van der Waals surface area contributed by atoms with Crippen LogP contribution in [0.2, 0.25) is 0 Å². The lowest BCUT2D eigenvalue weighted by atomic mass is 9.93. The Morgan fingerprint density at radius 2 is 1.96 bits per heavy atom. The number of fused-ring (bicyclic) bond motifs is 1. The average molecular weight is 339 g/mol. The van der Waals surface area contributed by atoms with Crippen LogP contribution in [0.5, 0.6) is 5.75 Å². The molecule has 2 aromatic carbocycles. The number of anilines is 2. The molecule has 1 aliphatic heterocycles. The number of halogens is 1. The van der Waals surface area contributed by atoms with E-state index in [-0.39, 0.29) is 23.8 Å². The van der Waals surface area contributed by atoms with Gasteiger partial charge in [-0.05, 0) is 30.2 Å². The summed E-state index contributed by atoms with van der Waals surface area (Å²) in [6, 6.07) is 14.2. The zero-order valence-electron chi connectivity index (χ0n) is 13.7. The van der Waals surface area contributed by atoms with E-state index in [0.29, 0.717) is 12.4 Å². The number of nitrogens with two attached hydrogens (primary N) is 1. The van der Waals surface area contributed by atoms with Crippen molar-refractivity contribution in [1.29, 1.82) is 0 Å². The third-order valence-corrected chi connectivity index (χ3v) is 4.48. The minimum Gasteiger partial charge on any atom is -0.496 e. The van der Waals surface area contributed by atoms with Crippen LogP contribution in [0.15, 0.2) is 48.5 Å². The van der Waals surface area contributed by atoms with E-state index in [4.69, 9.17) is 10.5 Å². The van der Waals surface area contributed by atoms with Crippen LogP contribution in [-0.4, -0.2) is 21.9 Å². The second-order valence-electron chi connectivity index (χ2n) is 5.98. The van der Waals surface area contributed by atoms with Gasteiger partial charge in [-0.2, -0.15) is 4.98 Å². The molecule has 0 fully saturated rings. The maximum absolute atomic E-state index is 13.3. The van der Waals surface area contributed by atoms with Crippen molar-refractivity contribution in [2.75, 3.05) is 18.2 Å². The first-order valence-corrected chi connectivity index (χ1v) is 8.02. The summed E-state index contributed by atoms with van der Waals surface area (Å²) in [5.74, 6) is 1.33. The van der Waals surface area contributed by atoms with Crippen molar-refractivity contribution in [2.24, 2.45) is 0 Å². The highest BCUT2D eigenvalue weighted by Gasteiger charge is 2.32. The van der Waals surface area contributed by atoms with Crippen LogP contribution < -0.4 is 15.8 Å². The molecule has 3 aromatic rings. The molecule has 7 heteroatoms. The molecule has 4 rings (SSSR count). The Kier molecular flexibility index (Phi) is 3.76. The van der Waals surface area contributed by atoms with Gasteiger partial charge in [0.1, 0.15) is 11.6 Å². The van der Waals surface area contributed by atoms with E-state index in [1.54, 1.807) is 23.9 Å². The molecule has 0 saturated carbocycles. The van der Waals surface area contributed by atoms with Gasteiger partial charge >= 0.3 is 0 Å². The monoisotopic (exact) mass is 339 g/mol. The number of ether oxygens (including phenoxy) is 1. The lowest BCUT2D eigenvalue weighted by Gasteiger charge is -2.32. The molecular formula is C18H18FN5O. The molecule has 6 nitrogen and oxygen atoms in total. The molecule has 3 N–H and O–H groups in total. The van der Waals surface area contributed by atoms with Gasteiger partial charge in [0.2, 0.25) is 11.9 Å². The standard InChI is InChI=1S/C18H18FN5O/c1-25-16-5-3-2-4-13(16)15-10-14(11-6-8-12(19)9-7-11)21-18-22-17(20)23-24(15)18/h2-9,14-15H,10H2,1H3,(H3,20,21,22,23)/t14-,15+/m0/s1. The van der Waals surface area contributed by atoms with Crippen molar-refractivity contribution >= 4 is 11.9 Å². The number of aromatic nitrogens is 3. The molecule has 0 spiro atoms. The van der Waals surface area contributed by atoms with Gasteiger partial charge in [-0.3, -0.25) is 0 Å². The summed E-state index contributed by atoms with van der Waals surface area (Å²) in [7, 11) is 1.65. The minimum absolute atomic E-state index is 0.0355. The highest BCUT2D eigenvalue weighted by Crippen LogP contribution is 2.40. The first-order valence-electron chi connectivity index (χ1n) is 8.02. The van der Waals surface area contributed by atoms with Crippen LogP contribution in [0.3, 0.4) is 0 Å². The van der Waals surface area contributed by atoms with Gasteiger partial charge in [-0.15, -0.1) is 5.10 Å². The largest absolute Gasteiger partial charge is 0.496 e. The molecule has 0 aliphatic carbocycles. The first-order chi connectivity index (χ1) is 12.2. The Bertz CT molecular complexity index is 893. The number of para-hydroxylation sites is 1. The normalized spacial score (nSPS) is 19.1. The lowest BCUT2D eigenvalue weighted by Crippen LogP contribution is -2.28. The van der Waals surface area contributed by atoms with Crippen molar-refractivity contribution in [3.63, 3.8) is 0 Å². The van der Waals surface area contributed by atoms with E-state index in [1.165, 1.54) is 12.1 Å². The molecule has 2 atom stereocenters. The van der Waals surface area contributed by atoms with E-state index in [1.807, 2.05) is 24.3 Å². The van der Waals surface area contributed by atoms with Crippen LogP contribution in [0.25, 0.3) is 0 Å². The summed E-state index contributed by atoms with van der Waals surface area (Å²) in [5, 5.41) is 7.67. The maximum Gasteiger partial charge on any atom is 0.241 e. The molecule has 1 aromatic heterocycles. The molecule has 0 unspecified atom stereocenters. The second-order valence-corrected chi connectivity index (χ2v) is 5.98. The highest BCUT2D eigenvalue weighted by atomic mass is 19.1. The molecule has 2 heterocycles. The van der Waals surface area contributed by atoms with E-state index in [9.17, 15) is 4.39 Å². The van der Waals surface area contributed by atoms with E-state index in [2.05, 4.69) is 15.4 Å². The molecule has 1 aliphatic rings. The van der Waals surface area contributed by atoms with Crippen molar-refractivity contribution in [3.8, 4) is 5.75 Å². The molecule has 25 heavy (non-hydrogen) atoms. The third-order valence-electron chi connectivity index (χ3n) is 4.48. The number of nitrogens with one attached hydrogen (secondary N) is 1. The average Bonchev–Trinajstić information content (AvgIpc) is 3.01. The van der Waals surface area contributed by atoms with Crippen LogP contribution in [0.4, 0.5) is 16.3 Å². The van der Waals surface area contributed by atoms with Crippen LogP contribution in [-0.2, 0) is 0 Å². The summed E-state index contributed by atoms with van der Waals surface area (Å²) in [6.07, 6.45) is 0.710. The summed E-state index contributed by atoms with van der Waals surface area (Å²) in [6.45, 7) is 0. The summed E-state index contributed by atoms with van der Waals surface area (Å²) < 4.78 is 20.6. The second kappa shape index (κ2) is 6.08. The van der Waals surface area contributed by atoms with Gasteiger partial charge in [-0.1, -0.05) is 30.3 Å². The summed E-state index contributed by atoms with van der Waals surface area (Å²) >= 11 is 0. The third kappa shape index (κ3) is 2.77. The number of rotatable bonds is 3. The van der Waals surface area contributed by atoms with Crippen molar-refractivity contribution < 1.29 is 9.13 Å². The van der Waals surface area contributed by atoms with E-state index in [0.717, 1.165) is 16.9 Å². The number of benzene rings is 2. The van der Waals surface area contributed by atoms with Gasteiger partial charge in [0.15, 0.2) is 0 Å². The van der Waals surface area contributed by atoms with Crippen LogP contribution in [0.1, 0.15) is 29.6 Å². The summed E-state index contributed by atoms with van der Waals surface area (Å²) in [4.78, 5) is 4.28. The van der Waals surface area contributed by atoms with Crippen LogP contribution >= 0.6 is 0 Å². The lowest BCUT2D eigenvalue weighted by molar-refractivity contribution is 0.380. The van der Waals surface area contributed by atoms with Crippen molar-refractivity contribution in [1.82, 2.24) is 14.8 Å². The molecule has 0 saturated heterocycles. The predicted molar refractivity (Wildman–Crippen MR) is 92.9 cm³/mol. The van der Waals surface area contributed by atoms with Gasteiger partial charge in [0.05, 0.1) is 19.2 Å². The number of nitrogens with zero attached hydrogens (tertiary/aromatic N) is 3. The van der Waals surface area contributed by atoms with E-state index >= 15 is 0 Å². The molecule has 0 bridgehead atoms. The Labute approximate surface area is 144 Å². The van der Waals surface area contributed by atoms with Gasteiger partial charge in [0, 0.05) is 5.56 Å². The number of nitrogen functional groups attached to an aromatic ring is 1. The molecule has 0 radical (unpaired) electrons. The maximum atomic E-state index is 13.3. The molecule has 0 amide bonds. The Hall–Kier alpha value is -3.09. The quantitative estimate of drug-likeness (QED) is 0.766. The number of hydrogen-bond donors (Lipinski definition) is 2. The summed E-state index contributed by atoms with van der Waals surface area (Å²) in [5.41, 5.74) is 7.79.